The summed E-state index contributed by atoms with van der Waals surface area (Å²) in [6.07, 6.45) is 0.112. The van der Waals surface area contributed by atoms with Crippen LogP contribution in [0.25, 0.3) is 0 Å². The van der Waals surface area contributed by atoms with Crippen molar-refractivity contribution in [2.45, 2.75) is 12.0 Å². The first-order valence-corrected chi connectivity index (χ1v) is 6.59. The van der Waals surface area contributed by atoms with Crippen molar-refractivity contribution in [1.82, 2.24) is 0 Å². The van der Waals surface area contributed by atoms with E-state index < -0.39 is 11.6 Å². The maximum Gasteiger partial charge on any atom is 0.342 e. The quantitative estimate of drug-likeness (QED) is 0.857. The maximum absolute atomic E-state index is 12.1. The minimum absolute atomic E-state index is 0.112. The van der Waals surface area contributed by atoms with E-state index in [-0.39, 0.29) is 6.42 Å². The van der Waals surface area contributed by atoms with Crippen molar-refractivity contribution in [3.05, 3.63) is 65.7 Å². The lowest BCUT2D eigenvalue weighted by molar-refractivity contribution is -0.163. The van der Waals surface area contributed by atoms with Crippen LogP contribution in [0.4, 0.5) is 0 Å². The summed E-state index contributed by atoms with van der Waals surface area (Å²) in [4.78, 5) is 12.1. The Morgan fingerprint density at radius 1 is 1.10 bits per heavy atom. The molecule has 0 bridgehead atoms. The first-order chi connectivity index (χ1) is 10.1. The van der Waals surface area contributed by atoms with Gasteiger partial charge in [-0.2, -0.15) is 0 Å². The zero-order valence-electron chi connectivity index (χ0n) is 12.1. The van der Waals surface area contributed by atoms with Crippen molar-refractivity contribution in [3.8, 4) is 5.75 Å². The second-order valence-corrected chi connectivity index (χ2v) is 4.75. The van der Waals surface area contributed by atoms with Crippen LogP contribution < -0.4 is 4.74 Å². The van der Waals surface area contributed by atoms with Gasteiger partial charge in [-0.05, 0) is 23.3 Å². The third-order valence-corrected chi connectivity index (χ3v) is 3.37. The van der Waals surface area contributed by atoms with Crippen molar-refractivity contribution in [3.63, 3.8) is 0 Å². The van der Waals surface area contributed by atoms with Crippen LogP contribution in [0, 0.1) is 0 Å². The highest BCUT2D eigenvalue weighted by Crippen LogP contribution is 2.28. The van der Waals surface area contributed by atoms with Crippen LogP contribution in [0.2, 0.25) is 0 Å². The van der Waals surface area contributed by atoms with Gasteiger partial charge < -0.3 is 14.6 Å². The molecule has 0 heterocycles. The van der Waals surface area contributed by atoms with Gasteiger partial charge in [0.1, 0.15) is 5.75 Å². The Hall–Kier alpha value is -2.33. The molecule has 0 radical (unpaired) electrons. The second kappa shape index (κ2) is 6.41. The molecule has 0 fully saturated rings. The molecule has 0 saturated carbocycles. The van der Waals surface area contributed by atoms with Crippen molar-refractivity contribution < 1.29 is 19.4 Å². The van der Waals surface area contributed by atoms with E-state index in [9.17, 15) is 9.90 Å². The molecule has 2 rings (SSSR count). The highest BCUT2D eigenvalue weighted by molar-refractivity contribution is 5.81. The third kappa shape index (κ3) is 3.23. The summed E-state index contributed by atoms with van der Waals surface area (Å²) in [7, 11) is 2.84. The Kier molecular flexibility index (Phi) is 4.60. The van der Waals surface area contributed by atoms with Crippen LogP contribution in [0.3, 0.4) is 0 Å². The summed E-state index contributed by atoms with van der Waals surface area (Å²) in [5, 5.41) is 10.9. The molecule has 0 aliphatic heterocycles. The summed E-state index contributed by atoms with van der Waals surface area (Å²) < 4.78 is 9.94. The molecule has 1 N–H and O–H groups in total. The zero-order chi connectivity index (χ0) is 15.3. The molecule has 21 heavy (non-hydrogen) atoms. The number of carbonyl (C=O) groups is 1. The summed E-state index contributed by atoms with van der Waals surface area (Å²) in [5.74, 6) is -0.00991. The zero-order valence-corrected chi connectivity index (χ0v) is 12.1. The van der Waals surface area contributed by atoms with E-state index in [1.807, 2.05) is 24.3 Å². The lowest BCUT2D eigenvalue weighted by Crippen LogP contribution is -2.39. The lowest BCUT2D eigenvalue weighted by atomic mass is 9.87. The Labute approximate surface area is 123 Å². The molecule has 110 valence electrons. The Bertz CT molecular complexity index is 609. The number of hydrogen-bond acceptors (Lipinski definition) is 4. The van der Waals surface area contributed by atoms with Crippen LogP contribution in [0.15, 0.2) is 54.6 Å². The van der Waals surface area contributed by atoms with Crippen LogP contribution in [0.5, 0.6) is 5.75 Å². The van der Waals surface area contributed by atoms with Gasteiger partial charge >= 0.3 is 5.97 Å². The summed E-state index contributed by atoms with van der Waals surface area (Å²) in [5.41, 5.74) is -0.437. The normalized spacial score (nSPS) is 13.3. The van der Waals surface area contributed by atoms with Gasteiger partial charge in [0.05, 0.1) is 14.2 Å². The van der Waals surface area contributed by atoms with Crippen molar-refractivity contribution >= 4 is 5.97 Å². The molecule has 2 aromatic carbocycles. The molecule has 1 unspecified atom stereocenters. The SMILES string of the molecule is COC(=O)C(O)(Cc1cccc(OC)c1)c1ccccc1. The topological polar surface area (TPSA) is 55.8 Å². The number of benzene rings is 2. The monoisotopic (exact) mass is 286 g/mol. The Morgan fingerprint density at radius 3 is 2.43 bits per heavy atom. The van der Waals surface area contributed by atoms with E-state index in [1.54, 1.807) is 37.4 Å². The molecule has 0 saturated heterocycles. The predicted octanol–water partition coefficient (Wildman–Crippen LogP) is 2.30. The molecule has 4 heteroatoms. The van der Waals surface area contributed by atoms with E-state index in [2.05, 4.69) is 0 Å². The van der Waals surface area contributed by atoms with E-state index in [1.165, 1.54) is 7.11 Å². The molecular weight excluding hydrogens is 268 g/mol. The standard InChI is InChI=1S/C17H18O4/c1-20-15-10-6-7-13(11-15)12-17(19,16(18)21-2)14-8-4-3-5-9-14/h3-11,19H,12H2,1-2H3. The summed E-state index contributed by atoms with van der Waals surface area (Å²) in [6, 6.07) is 16.0. The summed E-state index contributed by atoms with van der Waals surface area (Å²) >= 11 is 0. The molecular formula is C17H18O4. The first-order valence-electron chi connectivity index (χ1n) is 6.59. The maximum atomic E-state index is 12.1. The van der Waals surface area contributed by atoms with Crippen LogP contribution >= 0.6 is 0 Å². The molecule has 0 aromatic heterocycles. The van der Waals surface area contributed by atoms with E-state index in [0.717, 1.165) is 5.56 Å². The minimum Gasteiger partial charge on any atom is -0.497 e. The first kappa shape index (κ1) is 15.1. The number of esters is 1. The van der Waals surface area contributed by atoms with Gasteiger partial charge in [0.15, 0.2) is 5.60 Å². The molecule has 2 aromatic rings. The average molecular weight is 286 g/mol. The number of ether oxygens (including phenoxy) is 2. The molecule has 4 nitrogen and oxygen atoms in total. The molecule has 0 spiro atoms. The fourth-order valence-corrected chi connectivity index (χ4v) is 2.25. The lowest BCUT2D eigenvalue weighted by Gasteiger charge is -2.26. The summed E-state index contributed by atoms with van der Waals surface area (Å²) in [6.45, 7) is 0. The number of methoxy groups -OCH3 is 2. The molecule has 0 aliphatic carbocycles. The fraction of sp³-hybridized carbons (Fsp3) is 0.235. The average Bonchev–Trinajstić information content (AvgIpc) is 2.54. The predicted molar refractivity (Wildman–Crippen MR) is 79.1 cm³/mol. The Balaban J connectivity index is 2.39. The number of rotatable bonds is 5. The van der Waals surface area contributed by atoms with Gasteiger partial charge in [-0.3, -0.25) is 0 Å². The minimum atomic E-state index is -1.72. The van der Waals surface area contributed by atoms with Crippen LogP contribution in [-0.2, 0) is 21.6 Å². The number of carbonyl (C=O) groups excluding carboxylic acids is 1. The van der Waals surface area contributed by atoms with Crippen molar-refractivity contribution in [2.75, 3.05) is 14.2 Å². The molecule has 1 atom stereocenters. The van der Waals surface area contributed by atoms with Crippen LogP contribution in [0.1, 0.15) is 11.1 Å². The van der Waals surface area contributed by atoms with Crippen molar-refractivity contribution in [2.24, 2.45) is 0 Å². The molecule has 0 amide bonds. The van der Waals surface area contributed by atoms with Gasteiger partial charge in [-0.1, -0.05) is 42.5 Å². The Morgan fingerprint density at radius 2 is 1.81 bits per heavy atom. The van der Waals surface area contributed by atoms with Gasteiger partial charge in [-0.25, -0.2) is 4.79 Å². The van der Waals surface area contributed by atoms with Gasteiger partial charge in [0, 0.05) is 6.42 Å². The van der Waals surface area contributed by atoms with Gasteiger partial charge in [0.25, 0.3) is 0 Å². The fourth-order valence-electron chi connectivity index (χ4n) is 2.25. The number of hydrogen-bond donors (Lipinski definition) is 1. The van der Waals surface area contributed by atoms with E-state index in [0.29, 0.717) is 11.3 Å². The van der Waals surface area contributed by atoms with E-state index >= 15 is 0 Å². The van der Waals surface area contributed by atoms with E-state index in [4.69, 9.17) is 9.47 Å². The largest absolute Gasteiger partial charge is 0.497 e. The van der Waals surface area contributed by atoms with Crippen LogP contribution in [-0.4, -0.2) is 25.3 Å². The third-order valence-electron chi connectivity index (χ3n) is 3.37. The van der Waals surface area contributed by atoms with Gasteiger partial charge in [-0.15, -0.1) is 0 Å². The smallest absolute Gasteiger partial charge is 0.342 e. The highest BCUT2D eigenvalue weighted by Gasteiger charge is 2.39. The number of aliphatic hydroxyl groups is 1. The van der Waals surface area contributed by atoms with Crippen molar-refractivity contribution in [1.29, 1.82) is 0 Å². The second-order valence-electron chi connectivity index (χ2n) is 4.75. The molecule has 0 aliphatic rings. The highest BCUT2D eigenvalue weighted by atomic mass is 16.5. The van der Waals surface area contributed by atoms with Gasteiger partial charge in [0.2, 0.25) is 0 Å².